The van der Waals surface area contributed by atoms with Gasteiger partial charge in [0.15, 0.2) is 0 Å². The summed E-state index contributed by atoms with van der Waals surface area (Å²) in [4.78, 5) is 17.5. The fraction of sp³-hybridized carbons (Fsp3) is 0.143. The first-order valence-corrected chi connectivity index (χ1v) is 9.41. The number of hydrogen-bond donors (Lipinski definition) is 2. The van der Waals surface area contributed by atoms with Crippen molar-refractivity contribution in [2.24, 2.45) is 5.73 Å². The molecule has 0 aliphatic rings. The molecule has 27 heavy (non-hydrogen) atoms. The number of nitrogens with zero attached hydrogens (tertiary/aromatic N) is 1. The van der Waals surface area contributed by atoms with Crippen molar-refractivity contribution in [1.29, 1.82) is 0 Å². The molecule has 1 atom stereocenters. The first-order chi connectivity index (χ1) is 12.7. The number of nitrogens with one attached hydrogen (secondary N) is 1. The summed E-state index contributed by atoms with van der Waals surface area (Å²) in [6.07, 6.45) is 3.89. The lowest BCUT2D eigenvalue weighted by Crippen LogP contribution is -2.37. The fourth-order valence-corrected chi connectivity index (χ4v) is 3.33. The Labute approximate surface area is 170 Å². The van der Waals surface area contributed by atoms with Crippen LogP contribution in [0, 0.1) is 0 Å². The number of carbonyl (C=O) groups excluding carboxylic acids is 1. The number of benzene rings is 2. The third-order valence-corrected chi connectivity index (χ3v) is 4.97. The summed E-state index contributed by atoms with van der Waals surface area (Å²) in [5.41, 5.74) is 8.98. The second-order valence-electron chi connectivity index (χ2n) is 5.96. The molecule has 1 unspecified atom stereocenters. The van der Waals surface area contributed by atoms with Gasteiger partial charge in [-0.15, -0.1) is 24.2 Å². The van der Waals surface area contributed by atoms with Crippen LogP contribution in [0.1, 0.15) is 11.1 Å². The Morgan fingerprint density at radius 2 is 1.70 bits per heavy atom. The first kappa shape index (κ1) is 21.0. The molecule has 4 nitrogen and oxygen atoms in total. The molecule has 3 rings (SSSR count). The lowest BCUT2D eigenvalue weighted by molar-refractivity contribution is -0.117. The van der Waals surface area contributed by atoms with Crippen LogP contribution < -0.4 is 11.1 Å². The van der Waals surface area contributed by atoms with Crippen molar-refractivity contribution in [3.8, 4) is 0 Å². The van der Waals surface area contributed by atoms with Crippen molar-refractivity contribution in [2.45, 2.75) is 23.1 Å². The molecule has 0 bridgehead atoms. The number of aromatic nitrogens is 1. The lowest BCUT2D eigenvalue weighted by atomic mass is 10.1. The largest absolute Gasteiger partial charge is 0.325 e. The number of nitrogens with two attached hydrogens (primary N) is 1. The van der Waals surface area contributed by atoms with Crippen LogP contribution in [0.3, 0.4) is 0 Å². The maximum Gasteiger partial charge on any atom is 0.241 e. The molecule has 140 valence electrons. The fourth-order valence-electron chi connectivity index (χ4n) is 2.48. The van der Waals surface area contributed by atoms with Crippen molar-refractivity contribution in [3.63, 3.8) is 0 Å². The van der Waals surface area contributed by atoms with Gasteiger partial charge in [0.2, 0.25) is 5.91 Å². The molecule has 0 aliphatic heterocycles. The average Bonchev–Trinajstić information content (AvgIpc) is 2.69. The average molecular weight is 400 g/mol. The maximum absolute atomic E-state index is 12.3. The minimum atomic E-state index is -0.605. The number of pyridine rings is 1. The van der Waals surface area contributed by atoms with Crippen LogP contribution in [0.15, 0.2) is 84.0 Å². The van der Waals surface area contributed by atoms with Crippen LogP contribution in [-0.2, 0) is 17.0 Å². The molecule has 0 saturated carbocycles. The minimum Gasteiger partial charge on any atom is -0.325 e. The first-order valence-electron chi connectivity index (χ1n) is 8.43. The van der Waals surface area contributed by atoms with Gasteiger partial charge in [0.1, 0.15) is 0 Å². The van der Waals surface area contributed by atoms with Crippen molar-refractivity contribution < 1.29 is 4.79 Å². The third kappa shape index (κ3) is 6.71. The maximum atomic E-state index is 12.3. The second-order valence-corrected chi connectivity index (χ2v) is 7.01. The lowest BCUT2D eigenvalue weighted by Gasteiger charge is -2.12. The third-order valence-electron chi connectivity index (χ3n) is 3.89. The zero-order valence-electron chi connectivity index (χ0n) is 14.7. The highest BCUT2D eigenvalue weighted by atomic mass is 35.5. The molecule has 0 saturated heterocycles. The Bertz CT molecular complexity index is 829. The Balaban J connectivity index is 0.00000261. The predicted octanol–water partition coefficient (Wildman–Crippen LogP) is 4.30. The monoisotopic (exact) mass is 399 g/mol. The summed E-state index contributed by atoms with van der Waals surface area (Å²) in [6, 6.07) is 21.3. The smallest absolute Gasteiger partial charge is 0.241 e. The molecule has 0 radical (unpaired) electrons. The van der Waals surface area contributed by atoms with Crippen LogP contribution in [0.4, 0.5) is 5.69 Å². The van der Waals surface area contributed by atoms with E-state index in [0.29, 0.717) is 6.42 Å². The van der Waals surface area contributed by atoms with E-state index in [2.05, 4.69) is 22.4 Å². The molecule has 2 aromatic carbocycles. The highest BCUT2D eigenvalue weighted by Crippen LogP contribution is 2.24. The highest BCUT2D eigenvalue weighted by molar-refractivity contribution is 7.98. The van der Waals surface area contributed by atoms with Crippen LogP contribution in [0.2, 0.25) is 0 Å². The minimum absolute atomic E-state index is 0. The number of halogens is 1. The van der Waals surface area contributed by atoms with E-state index in [-0.39, 0.29) is 18.3 Å². The molecular weight excluding hydrogens is 378 g/mol. The van der Waals surface area contributed by atoms with E-state index in [9.17, 15) is 4.79 Å². The van der Waals surface area contributed by atoms with E-state index in [4.69, 9.17) is 5.73 Å². The summed E-state index contributed by atoms with van der Waals surface area (Å²) < 4.78 is 0. The Hall–Kier alpha value is -2.34. The summed E-state index contributed by atoms with van der Waals surface area (Å²) in [5, 5.41) is 2.87. The number of thioether (sulfide) groups is 1. The van der Waals surface area contributed by atoms with Gasteiger partial charge < -0.3 is 11.1 Å². The van der Waals surface area contributed by atoms with E-state index >= 15 is 0 Å². The summed E-state index contributed by atoms with van der Waals surface area (Å²) in [6.45, 7) is 0. The number of hydrogen-bond acceptors (Lipinski definition) is 4. The zero-order chi connectivity index (χ0) is 18.2. The molecule has 0 fully saturated rings. The second kappa shape index (κ2) is 10.7. The highest BCUT2D eigenvalue weighted by Gasteiger charge is 2.14. The van der Waals surface area contributed by atoms with E-state index in [1.165, 1.54) is 5.56 Å². The van der Waals surface area contributed by atoms with Crippen LogP contribution in [0.25, 0.3) is 0 Å². The van der Waals surface area contributed by atoms with Gasteiger partial charge in [-0.1, -0.05) is 36.4 Å². The Kier molecular flexibility index (Phi) is 8.33. The van der Waals surface area contributed by atoms with Gasteiger partial charge in [-0.2, -0.15) is 0 Å². The molecule has 3 aromatic rings. The van der Waals surface area contributed by atoms with E-state index in [0.717, 1.165) is 21.9 Å². The van der Waals surface area contributed by atoms with Crippen LogP contribution in [0.5, 0.6) is 0 Å². The van der Waals surface area contributed by atoms with Gasteiger partial charge in [-0.25, -0.2) is 0 Å². The topological polar surface area (TPSA) is 68.0 Å². The van der Waals surface area contributed by atoms with Crippen molar-refractivity contribution in [3.05, 3.63) is 90.3 Å². The molecule has 0 spiro atoms. The van der Waals surface area contributed by atoms with E-state index in [1.54, 1.807) is 24.2 Å². The van der Waals surface area contributed by atoms with E-state index in [1.807, 2.05) is 54.6 Å². The van der Waals surface area contributed by atoms with Gasteiger partial charge >= 0.3 is 0 Å². The zero-order valence-corrected chi connectivity index (χ0v) is 16.4. The molecular formula is C21H22ClN3OS. The van der Waals surface area contributed by atoms with Crippen molar-refractivity contribution in [1.82, 2.24) is 4.98 Å². The van der Waals surface area contributed by atoms with Gasteiger partial charge in [-0.05, 0) is 47.9 Å². The molecule has 1 aromatic heterocycles. The summed E-state index contributed by atoms with van der Waals surface area (Å²) in [7, 11) is 0. The van der Waals surface area contributed by atoms with Gasteiger partial charge in [0.05, 0.1) is 6.04 Å². The Morgan fingerprint density at radius 3 is 2.37 bits per heavy atom. The van der Waals surface area contributed by atoms with Gasteiger partial charge in [0, 0.05) is 28.7 Å². The van der Waals surface area contributed by atoms with Gasteiger partial charge in [-0.3, -0.25) is 9.78 Å². The van der Waals surface area contributed by atoms with E-state index < -0.39 is 6.04 Å². The number of anilines is 1. The Morgan fingerprint density at radius 1 is 1.00 bits per heavy atom. The quantitative estimate of drug-likeness (QED) is 0.581. The van der Waals surface area contributed by atoms with Gasteiger partial charge in [0.25, 0.3) is 0 Å². The summed E-state index contributed by atoms with van der Waals surface area (Å²) in [5.74, 6) is 0.723. The normalized spacial score (nSPS) is 11.3. The number of carbonyl (C=O) groups is 1. The van der Waals surface area contributed by atoms with Crippen molar-refractivity contribution >= 4 is 35.8 Å². The molecule has 1 heterocycles. The molecule has 1 amide bonds. The molecule has 0 aliphatic carbocycles. The van der Waals surface area contributed by atoms with Crippen LogP contribution in [-0.4, -0.2) is 16.9 Å². The summed E-state index contributed by atoms with van der Waals surface area (Å²) >= 11 is 1.76. The van der Waals surface area contributed by atoms with Crippen LogP contribution >= 0.6 is 24.2 Å². The predicted molar refractivity (Wildman–Crippen MR) is 114 cm³/mol. The molecule has 3 N–H and O–H groups in total. The number of amides is 1. The number of rotatable bonds is 7. The SMILES string of the molecule is Cl.NC(Cc1cccnc1)C(=O)Nc1ccc(SCc2ccccc2)cc1. The molecule has 6 heteroatoms. The van der Waals surface area contributed by atoms with Crippen molar-refractivity contribution in [2.75, 3.05) is 5.32 Å². The standard InChI is InChI=1S/C21H21N3OS.ClH/c22-20(13-17-7-4-12-23-14-17)21(25)24-18-8-10-19(11-9-18)26-15-16-5-2-1-3-6-16;/h1-12,14,20H,13,15,22H2,(H,24,25);1H.